The van der Waals surface area contributed by atoms with Crippen molar-refractivity contribution in [1.82, 2.24) is 29.7 Å². The Morgan fingerprint density at radius 3 is 1.74 bits per heavy atom. The third-order valence-electron chi connectivity index (χ3n) is 5.65. The lowest BCUT2D eigenvalue weighted by Crippen LogP contribution is -2.36. The minimum atomic E-state index is -0.497. The van der Waals surface area contributed by atoms with Crippen LogP contribution in [-0.4, -0.2) is 66.2 Å². The van der Waals surface area contributed by atoms with Crippen LogP contribution in [-0.2, 0) is 35.4 Å². The largest absolute Gasteiger partial charge is 0.444 e. The molecule has 0 bridgehead atoms. The van der Waals surface area contributed by atoms with E-state index in [4.69, 9.17) is 32.7 Å². The van der Waals surface area contributed by atoms with Crippen molar-refractivity contribution in [1.29, 1.82) is 0 Å². The van der Waals surface area contributed by atoms with Gasteiger partial charge in [-0.1, -0.05) is 23.2 Å². The Balaban J connectivity index is 0.000000211. The van der Waals surface area contributed by atoms with Crippen LogP contribution in [0.2, 0.25) is 10.3 Å². The maximum Gasteiger partial charge on any atom is 0.410 e. The van der Waals surface area contributed by atoms with Crippen molar-refractivity contribution < 1.29 is 19.1 Å². The smallest absolute Gasteiger partial charge is 0.410 e. The number of hydrogen-bond donors (Lipinski definition) is 0. The lowest BCUT2D eigenvalue weighted by molar-refractivity contribution is 0.0225. The normalized spacial score (nSPS) is 15.7. The fourth-order valence-electron chi connectivity index (χ4n) is 3.98. The lowest BCUT2D eigenvalue weighted by Gasteiger charge is -2.26. The summed E-state index contributed by atoms with van der Waals surface area (Å²) in [5, 5.41) is 0.900. The molecule has 2 aromatic heterocycles. The van der Waals surface area contributed by atoms with Gasteiger partial charge < -0.3 is 19.3 Å². The van der Waals surface area contributed by atoms with E-state index in [0.29, 0.717) is 36.5 Å². The Kier molecular flexibility index (Phi) is 9.75. The molecular weight excluding hydrogens is 531 g/mol. The molecule has 0 aliphatic carbocycles. The molecule has 0 saturated carbocycles. The quantitative estimate of drug-likeness (QED) is 0.377. The number of ether oxygens (including phenoxy) is 2. The molecule has 0 N–H and O–H groups in total. The van der Waals surface area contributed by atoms with Gasteiger partial charge in [0.2, 0.25) is 0 Å². The number of aryl methyl sites for hydroxylation is 1. The monoisotopic (exact) mass is 566 g/mol. The topological polar surface area (TPSA) is 111 Å². The van der Waals surface area contributed by atoms with Crippen LogP contribution in [0, 0.1) is 0 Å². The van der Waals surface area contributed by atoms with Gasteiger partial charge in [0.1, 0.15) is 34.2 Å². The molecule has 208 valence electrons. The first-order valence-electron chi connectivity index (χ1n) is 12.7. The van der Waals surface area contributed by atoms with E-state index in [0.717, 1.165) is 48.2 Å². The molecule has 0 saturated heterocycles. The van der Waals surface area contributed by atoms with Crippen molar-refractivity contribution in [2.75, 3.05) is 13.1 Å². The standard InChI is InChI=1S/2C13H18ClN3O2/c1-13(2,3)19-12(18)17-6-4-5-10-9(7-17)11(14)16-8-15-10;1-13(2,3)19-12(18)17-6-4-5-9-10(7-17)15-8-16-11(9)14/h2*8H,4-7H2,1-3H3. The Morgan fingerprint density at radius 1 is 0.711 bits per heavy atom. The van der Waals surface area contributed by atoms with Gasteiger partial charge in [-0.2, -0.15) is 0 Å². The van der Waals surface area contributed by atoms with E-state index in [1.165, 1.54) is 12.7 Å². The van der Waals surface area contributed by atoms with Gasteiger partial charge in [-0.3, -0.25) is 0 Å². The van der Waals surface area contributed by atoms with Gasteiger partial charge in [-0.25, -0.2) is 29.5 Å². The van der Waals surface area contributed by atoms with Gasteiger partial charge >= 0.3 is 12.2 Å². The maximum atomic E-state index is 12.1. The van der Waals surface area contributed by atoms with Crippen LogP contribution < -0.4 is 0 Å². The lowest BCUT2D eigenvalue weighted by atomic mass is 10.1. The zero-order chi connectivity index (χ0) is 28.1. The molecule has 0 spiro atoms. The summed E-state index contributed by atoms with van der Waals surface area (Å²) in [6.07, 6.45) is 5.53. The maximum absolute atomic E-state index is 12.1. The molecule has 38 heavy (non-hydrogen) atoms. The molecule has 2 amide bonds. The summed E-state index contributed by atoms with van der Waals surface area (Å²) < 4.78 is 10.8. The Hall–Kier alpha value is -2.72. The highest BCUT2D eigenvalue weighted by Crippen LogP contribution is 2.25. The number of amides is 2. The van der Waals surface area contributed by atoms with E-state index in [1.807, 2.05) is 41.5 Å². The average molecular weight is 568 g/mol. The van der Waals surface area contributed by atoms with Gasteiger partial charge in [0, 0.05) is 24.2 Å². The second-order valence-electron chi connectivity index (χ2n) is 11.2. The number of hydrogen-bond acceptors (Lipinski definition) is 8. The molecule has 12 heteroatoms. The van der Waals surface area contributed by atoms with Gasteiger partial charge in [-0.15, -0.1) is 0 Å². The molecule has 10 nitrogen and oxygen atoms in total. The number of nitrogens with zero attached hydrogens (tertiary/aromatic N) is 6. The van der Waals surface area contributed by atoms with Crippen LogP contribution in [0.1, 0.15) is 76.9 Å². The number of fused-ring (bicyclic) bond motifs is 2. The first kappa shape index (κ1) is 29.8. The molecule has 4 heterocycles. The highest BCUT2D eigenvalue weighted by Gasteiger charge is 2.27. The van der Waals surface area contributed by atoms with E-state index in [1.54, 1.807) is 9.80 Å². The van der Waals surface area contributed by atoms with Gasteiger partial charge in [0.15, 0.2) is 0 Å². The Bertz CT molecular complexity index is 1150. The highest BCUT2D eigenvalue weighted by molar-refractivity contribution is 6.30. The third-order valence-corrected chi connectivity index (χ3v) is 6.30. The molecule has 0 fully saturated rings. The fourth-order valence-corrected chi connectivity index (χ4v) is 4.44. The average Bonchev–Trinajstić information content (AvgIpc) is 3.15. The number of carbonyl (C=O) groups excluding carboxylic acids is 2. The first-order chi connectivity index (χ1) is 17.7. The van der Waals surface area contributed by atoms with Gasteiger partial charge in [-0.05, 0) is 67.2 Å². The minimum absolute atomic E-state index is 0.310. The van der Waals surface area contributed by atoms with E-state index in [9.17, 15) is 9.59 Å². The molecule has 4 rings (SSSR count). The van der Waals surface area contributed by atoms with Gasteiger partial charge in [0.05, 0.1) is 24.5 Å². The van der Waals surface area contributed by atoms with Crippen molar-refractivity contribution in [2.24, 2.45) is 0 Å². The van der Waals surface area contributed by atoms with Crippen molar-refractivity contribution in [2.45, 2.75) is 91.5 Å². The van der Waals surface area contributed by atoms with Crippen LogP contribution in [0.15, 0.2) is 12.7 Å². The van der Waals surface area contributed by atoms with Crippen molar-refractivity contribution in [3.8, 4) is 0 Å². The van der Waals surface area contributed by atoms with Crippen LogP contribution >= 0.6 is 23.2 Å². The molecule has 0 unspecified atom stereocenters. The summed E-state index contributed by atoms with van der Waals surface area (Å²) in [5.74, 6) is 0. The third kappa shape index (κ3) is 8.66. The zero-order valence-electron chi connectivity index (χ0n) is 22.9. The van der Waals surface area contributed by atoms with Crippen LogP contribution in [0.25, 0.3) is 0 Å². The number of halogens is 2. The highest BCUT2D eigenvalue weighted by atomic mass is 35.5. The van der Waals surface area contributed by atoms with E-state index >= 15 is 0 Å². The Labute approximate surface area is 234 Å². The van der Waals surface area contributed by atoms with Crippen molar-refractivity contribution in [3.63, 3.8) is 0 Å². The van der Waals surface area contributed by atoms with Crippen molar-refractivity contribution >= 4 is 35.4 Å². The fraction of sp³-hybridized carbons (Fsp3) is 0.615. The van der Waals surface area contributed by atoms with Crippen LogP contribution in [0.4, 0.5) is 9.59 Å². The van der Waals surface area contributed by atoms with Crippen molar-refractivity contribution in [3.05, 3.63) is 45.5 Å². The predicted molar refractivity (Wildman–Crippen MR) is 144 cm³/mol. The first-order valence-corrected chi connectivity index (χ1v) is 13.4. The molecular formula is C26H36Cl2N6O4. The van der Waals surface area contributed by atoms with E-state index in [2.05, 4.69) is 19.9 Å². The van der Waals surface area contributed by atoms with Gasteiger partial charge in [0.25, 0.3) is 0 Å². The molecule has 2 aromatic rings. The summed E-state index contributed by atoms with van der Waals surface area (Å²) in [7, 11) is 0. The molecule has 2 aliphatic heterocycles. The summed E-state index contributed by atoms with van der Waals surface area (Å²) in [4.78, 5) is 43.9. The number of carbonyl (C=O) groups is 2. The molecule has 0 aromatic carbocycles. The predicted octanol–water partition coefficient (Wildman–Crippen LogP) is 5.63. The second kappa shape index (κ2) is 12.4. The second-order valence-corrected chi connectivity index (χ2v) is 11.9. The van der Waals surface area contributed by atoms with E-state index in [-0.39, 0.29) is 12.2 Å². The number of rotatable bonds is 0. The van der Waals surface area contributed by atoms with Crippen LogP contribution in [0.5, 0.6) is 0 Å². The number of aromatic nitrogens is 4. The molecule has 0 radical (unpaired) electrons. The summed E-state index contributed by atoms with van der Waals surface area (Å²) in [6.45, 7) is 13.2. The summed E-state index contributed by atoms with van der Waals surface area (Å²) in [5.41, 5.74) is 2.51. The molecule has 2 aliphatic rings. The van der Waals surface area contributed by atoms with E-state index < -0.39 is 11.2 Å². The minimum Gasteiger partial charge on any atom is -0.444 e. The Morgan fingerprint density at radius 2 is 1.18 bits per heavy atom. The summed E-state index contributed by atoms with van der Waals surface area (Å²) >= 11 is 12.2. The SMILES string of the molecule is CC(C)(C)OC(=O)N1CCCc2c(Cl)ncnc2C1.CC(C)(C)OC(=O)N1CCCc2ncnc(Cl)c2C1. The summed E-state index contributed by atoms with van der Waals surface area (Å²) in [6, 6.07) is 0. The molecule has 0 atom stereocenters. The zero-order valence-corrected chi connectivity index (χ0v) is 24.4. The van der Waals surface area contributed by atoms with Crippen LogP contribution in [0.3, 0.4) is 0 Å².